The first-order chi connectivity index (χ1) is 13.5. The number of carboxylic acids is 1. The van der Waals surface area contributed by atoms with Crippen molar-refractivity contribution >= 4 is 34.9 Å². The van der Waals surface area contributed by atoms with Crippen molar-refractivity contribution in [1.29, 1.82) is 0 Å². The van der Waals surface area contributed by atoms with Crippen molar-refractivity contribution in [3.63, 3.8) is 0 Å². The van der Waals surface area contributed by atoms with Crippen LogP contribution in [0.1, 0.15) is 21.5 Å². The van der Waals surface area contributed by atoms with Crippen LogP contribution in [0, 0.1) is 0 Å². The third kappa shape index (κ3) is 5.34. The van der Waals surface area contributed by atoms with E-state index in [1.807, 2.05) is 36.4 Å². The molecule has 0 aromatic heterocycles. The number of nitrogens with one attached hydrogen (secondary N) is 2. The van der Waals surface area contributed by atoms with Crippen LogP contribution >= 0.6 is 11.6 Å². The van der Waals surface area contributed by atoms with Crippen LogP contribution in [-0.2, 0) is 17.8 Å². The molecule has 142 valence electrons. The Labute approximate surface area is 168 Å². The summed E-state index contributed by atoms with van der Waals surface area (Å²) in [4.78, 5) is 23.3. The topological polar surface area (TPSA) is 78.4 Å². The van der Waals surface area contributed by atoms with Crippen molar-refractivity contribution < 1.29 is 14.7 Å². The second kappa shape index (κ2) is 9.06. The number of benzene rings is 3. The molecule has 0 aliphatic rings. The van der Waals surface area contributed by atoms with Crippen LogP contribution in [0.5, 0.6) is 0 Å². The molecule has 3 aromatic rings. The number of aliphatic carboxylic acids is 1. The lowest BCUT2D eigenvalue weighted by molar-refractivity contribution is -0.136. The van der Waals surface area contributed by atoms with E-state index < -0.39 is 5.97 Å². The number of hydrogen-bond acceptors (Lipinski definition) is 3. The van der Waals surface area contributed by atoms with Gasteiger partial charge in [-0.05, 0) is 41.5 Å². The average Bonchev–Trinajstić information content (AvgIpc) is 2.69. The molecule has 5 nitrogen and oxygen atoms in total. The molecule has 0 saturated heterocycles. The number of rotatable bonds is 7. The van der Waals surface area contributed by atoms with Crippen LogP contribution in [0.15, 0.2) is 72.8 Å². The van der Waals surface area contributed by atoms with E-state index in [-0.39, 0.29) is 12.3 Å². The van der Waals surface area contributed by atoms with Gasteiger partial charge in [0.25, 0.3) is 5.91 Å². The molecule has 3 rings (SSSR count). The molecule has 28 heavy (non-hydrogen) atoms. The summed E-state index contributed by atoms with van der Waals surface area (Å²) in [5.41, 5.74) is 3.50. The first kappa shape index (κ1) is 19.5. The van der Waals surface area contributed by atoms with Gasteiger partial charge in [-0.2, -0.15) is 0 Å². The van der Waals surface area contributed by atoms with Crippen molar-refractivity contribution in [3.05, 3.63) is 94.5 Å². The molecule has 0 fully saturated rings. The van der Waals surface area contributed by atoms with Crippen molar-refractivity contribution in [2.24, 2.45) is 0 Å². The first-order valence-electron chi connectivity index (χ1n) is 8.71. The monoisotopic (exact) mass is 394 g/mol. The van der Waals surface area contributed by atoms with E-state index in [0.717, 1.165) is 11.3 Å². The third-order valence-electron chi connectivity index (χ3n) is 4.12. The van der Waals surface area contributed by atoms with Crippen molar-refractivity contribution in [2.45, 2.75) is 13.0 Å². The van der Waals surface area contributed by atoms with E-state index in [2.05, 4.69) is 10.6 Å². The molecule has 6 heteroatoms. The SMILES string of the molecule is O=C(O)Cc1ccc(NC(=O)c2cc(NCc3ccccc3)ccc2Cl)cc1. The zero-order chi connectivity index (χ0) is 19.9. The molecule has 0 radical (unpaired) electrons. The highest BCUT2D eigenvalue weighted by atomic mass is 35.5. The Morgan fingerprint density at radius 2 is 1.54 bits per heavy atom. The maximum atomic E-state index is 12.6. The lowest BCUT2D eigenvalue weighted by Gasteiger charge is -2.11. The van der Waals surface area contributed by atoms with Gasteiger partial charge in [-0.3, -0.25) is 9.59 Å². The highest BCUT2D eigenvalue weighted by molar-refractivity contribution is 6.34. The Morgan fingerprint density at radius 3 is 2.21 bits per heavy atom. The number of amides is 1. The molecule has 0 unspecified atom stereocenters. The fourth-order valence-corrected chi connectivity index (χ4v) is 2.89. The van der Waals surface area contributed by atoms with Crippen molar-refractivity contribution in [3.8, 4) is 0 Å². The molecule has 0 spiro atoms. The van der Waals surface area contributed by atoms with Gasteiger partial charge in [0, 0.05) is 17.9 Å². The fourth-order valence-electron chi connectivity index (χ4n) is 2.69. The number of halogens is 1. The molecular weight excluding hydrogens is 376 g/mol. The van der Waals surface area contributed by atoms with E-state index in [9.17, 15) is 9.59 Å². The number of carbonyl (C=O) groups excluding carboxylic acids is 1. The Kier molecular flexibility index (Phi) is 6.29. The summed E-state index contributed by atoms with van der Waals surface area (Å²) in [7, 11) is 0. The molecule has 0 atom stereocenters. The number of anilines is 2. The molecule has 0 saturated carbocycles. The Bertz CT molecular complexity index is 973. The zero-order valence-corrected chi connectivity index (χ0v) is 15.7. The maximum Gasteiger partial charge on any atom is 0.307 e. The van der Waals surface area contributed by atoms with Gasteiger partial charge in [-0.25, -0.2) is 0 Å². The smallest absolute Gasteiger partial charge is 0.307 e. The lowest BCUT2D eigenvalue weighted by Crippen LogP contribution is -2.13. The van der Waals surface area contributed by atoms with E-state index >= 15 is 0 Å². The second-order valence-electron chi connectivity index (χ2n) is 6.26. The van der Waals surface area contributed by atoms with Gasteiger partial charge in [0.15, 0.2) is 0 Å². The van der Waals surface area contributed by atoms with Crippen molar-refractivity contribution in [2.75, 3.05) is 10.6 Å². The second-order valence-corrected chi connectivity index (χ2v) is 6.66. The summed E-state index contributed by atoms with van der Waals surface area (Å²) < 4.78 is 0. The molecular formula is C22H19ClN2O3. The fraction of sp³-hybridized carbons (Fsp3) is 0.0909. The van der Waals surface area contributed by atoms with Crippen LogP contribution < -0.4 is 10.6 Å². The average molecular weight is 395 g/mol. The highest BCUT2D eigenvalue weighted by Crippen LogP contribution is 2.22. The van der Waals surface area contributed by atoms with Crippen LogP contribution in [0.2, 0.25) is 5.02 Å². The van der Waals surface area contributed by atoms with E-state index in [1.54, 1.807) is 36.4 Å². The molecule has 1 amide bonds. The van der Waals surface area contributed by atoms with Gasteiger partial charge in [0.1, 0.15) is 0 Å². The summed E-state index contributed by atoms with van der Waals surface area (Å²) in [6.45, 7) is 0.634. The maximum absolute atomic E-state index is 12.6. The first-order valence-corrected chi connectivity index (χ1v) is 9.08. The zero-order valence-electron chi connectivity index (χ0n) is 15.0. The molecule has 0 aliphatic heterocycles. The molecule has 0 bridgehead atoms. The number of carbonyl (C=O) groups is 2. The Morgan fingerprint density at radius 1 is 0.857 bits per heavy atom. The lowest BCUT2D eigenvalue weighted by atomic mass is 10.1. The normalized spacial score (nSPS) is 10.3. The predicted molar refractivity (Wildman–Crippen MR) is 111 cm³/mol. The molecule has 0 aliphatic carbocycles. The van der Waals surface area contributed by atoms with E-state index in [4.69, 9.17) is 16.7 Å². The van der Waals surface area contributed by atoms with Gasteiger partial charge in [-0.15, -0.1) is 0 Å². The van der Waals surface area contributed by atoms with Crippen LogP contribution in [0.25, 0.3) is 0 Å². The molecule has 3 aromatic carbocycles. The number of hydrogen-bond donors (Lipinski definition) is 3. The molecule has 0 heterocycles. The van der Waals surface area contributed by atoms with Gasteiger partial charge in [0.2, 0.25) is 0 Å². The van der Waals surface area contributed by atoms with Crippen LogP contribution in [-0.4, -0.2) is 17.0 Å². The highest BCUT2D eigenvalue weighted by Gasteiger charge is 2.12. The largest absolute Gasteiger partial charge is 0.481 e. The van der Waals surface area contributed by atoms with Crippen LogP contribution in [0.3, 0.4) is 0 Å². The minimum atomic E-state index is -0.900. The van der Waals surface area contributed by atoms with Gasteiger partial charge >= 0.3 is 5.97 Å². The summed E-state index contributed by atoms with van der Waals surface area (Å²) in [5.74, 6) is -1.23. The summed E-state index contributed by atoms with van der Waals surface area (Å²) in [6.07, 6.45) is -0.0603. The van der Waals surface area contributed by atoms with Crippen LogP contribution in [0.4, 0.5) is 11.4 Å². The summed E-state index contributed by atoms with van der Waals surface area (Å²) in [6, 6.07) is 21.8. The van der Waals surface area contributed by atoms with E-state index in [1.165, 1.54) is 0 Å². The number of carboxylic acid groups (broad SMARTS) is 1. The quantitative estimate of drug-likeness (QED) is 0.536. The Balaban J connectivity index is 1.68. The van der Waals surface area contributed by atoms with E-state index in [0.29, 0.717) is 28.4 Å². The van der Waals surface area contributed by atoms with Gasteiger partial charge in [-0.1, -0.05) is 54.1 Å². The predicted octanol–water partition coefficient (Wildman–Crippen LogP) is 4.83. The standard InChI is InChI=1S/C22H19ClN2O3/c23-20-11-10-18(24-14-16-4-2-1-3-5-16)13-19(20)22(28)25-17-8-6-15(7-9-17)12-21(26)27/h1-11,13,24H,12,14H2,(H,25,28)(H,26,27). The molecule has 3 N–H and O–H groups in total. The van der Waals surface area contributed by atoms with Crippen molar-refractivity contribution in [1.82, 2.24) is 0 Å². The minimum absolute atomic E-state index is 0.0603. The summed E-state index contributed by atoms with van der Waals surface area (Å²) >= 11 is 6.20. The van der Waals surface area contributed by atoms with Gasteiger partial charge in [0.05, 0.1) is 17.0 Å². The summed E-state index contributed by atoms with van der Waals surface area (Å²) in [5, 5.41) is 15.2. The van der Waals surface area contributed by atoms with Gasteiger partial charge < -0.3 is 15.7 Å². The third-order valence-corrected chi connectivity index (χ3v) is 4.45. The Hall–Kier alpha value is -3.31. The minimum Gasteiger partial charge on any atom is -0.481 e.